The maximum atomic E-state index is 6.21. The van der Waals surface area contributed by atoms with E-state index in [9.17, 15) is 0 Å². The quantitative estimate of drug-likeness (QED) is 0.573. The molecular formula is C26H31N3O2. The van der Waals surface area contributed by atoms with Crippen LogP contribution in [0.1, 0.15) is 16.7 Å². The van der Waals surface area contributed by atoms with Gasteiger partial charge in [-0.25, -0.2) is 0 Å². The molecule has 0 unspecified atom stereocenters. The largest absolute Gasteiger partial charge is 0.485 e. The van der Waals surface area contributed by atoms with Gasteiger partial charge in [-0.1, -0.05) is 66.7 Å². The summed E-state index contributed by atoms with van der Waals surface area (Å²) in [7, 11) is 0. The molecule has 1 aliphatic heterocycles. The Balaban J connectivity index is 1.45. The molecular weight excluding hydrogens is 386 g/mol. The van der Waals surface area contributed by atoms with Crippen LogP contribution in [-0.2, 0) is 19.8 Å². The summed E-state index contributed by atoms with van der Waals surface area (Å²) in [6.45, 7) is 6.67. The summed E-state index contributed by atoms with van der Waals surface area (Å²) in [6.07, 6.45) is 0. The smallest absolute Gasteiger partial charge is 0.162 e. The van der Waals surface area contributed by atoms with Crippen LogP contribution in [0.25, 0.3) is 0 Å². The van der Waals surface area contributed by atoms with E-state index < -0.39 is 0 Å². The molecule has 1 saturated heterocycles. The molecule has 1 fully saturated rings. The lowest BCUT2D eigenvalue weighted by Crippen LogP contribution is -2.47. The van der Waals surface area contributed by atoms with Gasteiger partial charge in [0, 0.05) is 39.4 Å². The van der Waals surface area contributed by atoms with Gasteiger partial charge in [0.2, 0.25) is 0 Å². The van der Waals surface area contributed by atoms with Gasteiger partial charge in [-0.2, -0.15) is 0 Å². The minimum absolute atomic E-state index is 0.515. The number of hydrogen-bond donors (Lipinski definition) is 1. The first-order chi connectivity index (χ1) is 15.3. The number of ether oxygens (including phenoxy) is 2. The molecule has 0 amide bonds. The number of nitrogens with zero attached hydrogens (tertiary/aromatic N) is 2. The van der Waals surface area contributed by atoms with Crippen LogP contribution < -0.4 is 15.2 Å². The summed E-state index contributed by atoms with van der Waals surface area (Å²) >= 11 is 0. The average molecular weight is 418 g/mol. The number of hydrogen-bond acceptors (Lipinski definition) is 5. The van der Waals surface area contributed by atoms with E-state index in [0.29, 0.717) is 19.9 Å². The third-order valence-electron chi connectivity index (χ3n) is 5.61. The molecule has 0 aliphatic carbocycles. The normalized spacial score (nSPS) is 15.0. The highest BCUT2D eigenvalue weighted by Crippen LogP contribution is 2.30. The second-order valence-electron chi connectivity index (χ2n) is 7.91. The third kappa shape index (κ3) is 6.31. The van der Waals surface area contributed by atoms with Crippen molar-refractivity contribution in [1.82, 2.24) is 9.80 Å². The van der Waals surface area contributed by atoms with Crippen molar-refractivity contribution in [2.75, 3.05) is 32.8 Å². The number of piperazine rings is 1. The van der Waals surface area contributed by atoms with E-state index in [1.165, 1.54) is 5.56 Å². The maximum Gasteiger partial charge on any atom is 0.162 e. The van der Waals surface area contributed by atoms with Gasteiger partial charge in [0.15, 0.2) is 11.5 Å². The van der Waals surface area contributed by atoms with Gasteiger partial charge in [0.1, 0.15) is 13.2 Å². The Morgan fingerprint density at radius 1 is 0.613 bits per heavy atom. The number of benzene rings is 3. The molecule has 4 rings (SSSR count). The summed E-state index contributed by atoms with van der Waals surface area (Å²) in [4.78, 5) is 4.75. The van der Waals surface area contributed by atoms with E-state index >= 15 is 0 Å². The molecule has 0 aromatic heterocycles. The van der Waals surface area contributed by atoms with E-state index in [1.54, 1.807) is 0 Å². The molecule has 1 aliphatic rings. The molecule has 0 spiro atoms. The van der Waals surface area contributed by atoms with Crippen molar-refractivity contribution >= 4 is 0 Å². The van der Waals surface area contributed by atoms with Crippen molar-refractivity contribution in [2.45, 2.75) is 19.8 Å². The van der Waals surface area contributed by atoms with Crippen LogP contribution in [0, 0.1) is 0 Å². The van der Waals surface area contributed by atoms with E-state index in [2.05, 4.69) is 46.2 Å². The first-order valence-electron chi connectivity index (χ1n) is 10.9. The summed E-state index contributed by atoms with van der Waals surface area (Å²) < 4.78 is 12.3. The van der Waals surface area contributed by atoms with Gasteiger partial charge in [0.25, 0.3) is 0 Å². The SMILES string of the molecule is NCN1CCN(Cc2ccc(OCc3ccccc3)c(OCc3ccccc3)c2)CC1. The predicted octanol–water partition coefficient (Wildman–Crippen LogP) is 3.88. The minimum atomic E-state index is 0.515. The van der Waals surface area contributed by atoms with Crippen LogP contribution in [0.5, 0.6) is 11.5 Å². The summed E-state index contributed by atoms with van der Waals surface area (Å²) in [5, 5.41) is 0. The van der Waals surface area contributed by atoms with Crippen LogP contribution in [0.3, 0.4) is 0 Å². The molecule has 0 saturated carbocycles. The number of rotatable bonds is 9. The van der Waals surface area contributed by atoms with Crippen LogP contribution in [0.2, 0.25) is 0 Å². The van der Waals surface area contributed by atoms with Gasteiger partial charge >= 0.3 is 0 Å². The maximum absolute atomic E-state index is 6.21. The lowest BCUT2D eigenvalue weighted by Gasteiger charge is -2.33. The van der Waals surface area contributed by atoms with Crippen molar-refractivity contribution < 1.29 is 9.47 Å². The first-order valence-corrected chi connectivity index (χ1v) is 10.9. The fraction of sp³-hybridized carbons (Fsp3) is 0.308. The Hall–Kier alpha value is -2.86. The molecule has 1 heterocycles. The van der Waals surface area contributed by atoms with Crippen molar-refractivity contribution in [3.8, 4) is 11.5 Å². The fourth-order valence-electron chi connectivity index (χ4n) is 3.74. The van der Waals surface area contributed by atoms with Gasteiger partial charge in [-0.3, -0.25) is 9.80 Å². The summed E-state index contributed by atoms with van der Waals surface area (Å²) in [6, 6.07) is 26.7. The molecule has 5 heteroatoms. The lowest BCUT2D eigenvalue weighted by atomic mass is 10.1. The van der Waals surface area contributed by atoms with Crippen molar-refractivity contribution in [1.29, 1.82) is 0 Å². The molecule has 0 bridgehead atoms. The molecule has 2 N–H and O–H groups in total. The Morgan fingerprint density at radius 2 is 1.16 bits per heavy atom. The Morgan fingerprint density at radius 3 is 1.74 bits per heavy atom. The van der Waals surface area contributed by atoms with Gasteiger partial charge in [-0.05, 0) is 28.8 Å². The molecule has 162 valence electrons. The fourth-order valence-corrected chi connectivity index (χ4v) is 3.74. The van der Waals surface area contributed by atoms with E-state index in [1.807, 2.05) is 42.5 Å². The van der Waals surface area contributed by atoms with E-state index in [0.717, 1.165) is 55.3 Å². The van der Waals surface area contributed by atoms with Gasteiger partial charge in [-0.15, -0.1) is 0 Å². The molecule has 0 atom stereocenters. The topological polar surface area (TPSA) is 51.0 Å². The second-order valence-corrected chi connectivity index (χ2v) is 7.91. The van der Waals surface area contributed by atoms with Crippen LogP contribution in [0.4, 0.5) is 0 Å². The Kier molecular flexibility index (Phi) is 7.56. The van der Waals surface area contributed by atoms with Gasteiger partial charge < -0.3 is 15.2 Å². The minimum Gasteiger partial charge on any atom is -0.485 e. The highest BCUT2D eigenvalue weighted by molar-refractivity contribution is 5.43. The zero-order valence-electron chi connectivity index (χ0n) is 18.0. The zero-order chi connectivity index (χ0) is 21.3. The summed E-state index contributed by atoms with van der Waals surface area (Å²) in [5.74, 6) is 1.56. The second kappa shape index (κ2) is 11.0. The van der Waals surface area contributed by atoms with E-state index in [4.69, 9.17) is 15.2 Å². The highest BCUT2D eigenvalue weighted by Gasteiger charge is 2.17. The average Bonchev–Trinajstić information content (AvgIpc) is 2.84. The Labute approximate surface area is 185 Å². The molecule has 3 aromatic rings. The van der Waals surface area contributed by atoms with Crippen molar-refractivity contribution in [2.24, 2.45) is 5.73 Å². The monoisotopic (exact) mass is 417 g/mol. The van der Waals surface area contributed by atoms with Crippen LogP contribution in [-0.4, -0.2) is 42.6 Å². The molecule has 0 radical (unpaired) electrons. The third-order valence-corrected chi connectivity index (χ3v) is 5.61. The zero-order valence-corrected chi connectivity index (χ0v) is 18.0. The van der Waals surface area contributed by atoms with Crippen molar-refractivity contribution in [3.63, 3.8) is 0 Å². The number of nitrogens with two attached hydrogens (primary N) is 1. The molecule has 5 nitrogen and oxygen atoms in total. The van der Waals surface area contributed by atoms with E-state index in [-0.39, 0.29) is 0 Å². The summed E-state index contributed by atoms with van der Waals surface area (Å²) in [5.41, 5.74) is 9.28. The van der Waals surface area contributed by atoms with Crippen LogP contribution >= 0.6 is 0 Å². The first kappa shape index (κ1) is 21.4. The van der Waals surface area contributed by atoms with Crippen molar-refractivity contribution in [3.05, 3.63) is 95.6 Å². The molecule has 31 heavy (non-hydrogen) atoms. The standard InChI is InChI=1S/C26H31N3O2/c27-21-29-15-13-28(14-16-29)18-24-11-12-25(30-19-22-7-3-1-4-8-22)26(17-24)31-20-23-9-5-2-6-10-23/h1-12,17H,13-16,18-21,27H2. The predicted molar refractivity (Wildman–Crippen MR) is 124 cm³/mol. The lowest BCUT2D eigenvalue weighted by molar-refractivity contribution is 0.129. The van der Waals surface area contributed by atoms with Crippen LogP contribution in [0.15, 0.2) is 78.9 Å². The molecule has 3 aromatic carbocycles. The van der Waals surface area contributed by atoms with Gasteiger partial charge in [0.05, 0.1) is 0 Å². The highest BCUT2D eigenvalue weighted by atomic mass is 16.5. The Bertz CT molecular complexity index is 926.